The summed E-state index contributed by atoms with van der Waals surface area (Å²) >= 11 is 5.99. The quantitative estimate of drug-likeness (QED) is 0.912. The SMILES string of the molecule is COc1cc(Cl)cc(-c2cc(N)no2)c1OC. The number of anilines is 1. The van der Waals surface area contributed by atoms with Gasteiger partial charge in [-0.2, -0.15) is 0 Å². The summed E-state index contributed by atoms with van der Waals surface area (Å²) in [5.74, 6) is 1.80. The molecule has 17 heavy (non-hydrogen) atoms. The Bertz CT molecular complexity index is 540. The molecule has 2 rings (SSSR count). The number of nitrogens with zero attached hydrogens (tertiary/aromatic N) is 1. The molecule has 6 heteroatoms. The molecular formula is C11H11ClN2O3. The van der Waals surface area contributed by atoms with E-state index in [-0.39, 0.29) is 0 Å². The molecule has 90 valence electrons. The van der Waals surface area contributed by atoms with E-state index < -0.39 is 0 Å². The van der Waals surface area contributed by atoms with Gasteiger partial charge in [0.2, 0.25) is 0 Å². The van der Waals surface area contributed by atoms with Gasteiger partial charge in [-0.3, -0.25) is 0 Å². The third kappa shape index (κ3) is 2.14. The summed E-state index contributed by atoms with van der Waals surface area (Å²) in [4.78, 5) is 0. The lowest BCUT2D eigenvalue weighted by molar-refractivity contribution is 0.354. The largest absolute Gasteiger partial charge is 0.493 e. The topological polar surface area (TPSA) is 70.5 Å². The van der Waals surface area contributed by atoms with E-state index in [1.54, 1.807) is 18.2 Å². The molecule has 1 aromatic heterocycles. The fourth-order valence-electron chi connectivity index (χ4n) is 1.53. The molecule has 0 atom stereocenters. The molecule has 0 aliphatic carbocycles. The number of aromatic nitrogens is 1. The van der Waals surface area contributed by atoms with Crippen molar-refractivity contribution in [3.63, 3.8) is 0 Å². The first-order valence-corrected chi connectivity index (χ1v) is 5.17. The monoisotopic (exact) mass is 254 g/mol. The Hall–Kier alpha value is -1.88. The summed E-state index contributed by atoms with van der Waals surface area (Å²) in [7, 11) is 3.07. The summed E-state index contributed by atoms with van der Waals surface area (Å²) in [5.41, 5.74) is 6.15. The first-order valence-electron chi connectivity index (χ1n) is 4.79. The summed E-state index contributed by atoms with van der Waals surface area (Å²) in [6.07, 6.45) is 0. The second-order valence-corrected chi connectivity index (χ2v) is 3.74. The van der Waals surface area contributed by atoms with E-state index in [0.29, 0.717) is 33.7 Å². The van der Waals surface area contributed by atoms with E-state index in [1.807, 2.05) is 0 Å². The first kappa shape index (κ1) is 11.6. The van der Waals surface area contributed by atoms with Gasteiger partial charge in [-0.05, 0) is 6.07 Å². The minimum absolute atomic E-state index is 0.293. The number of hydrogen-bond acceptors (Lipinski definition) is 5. The van der Waals surface area contributed by atoms with Gasteiger partial charge in [-0.15, -0.1) is 0 Å². The average Bonchev–Trinajstić information content (AvgIpc) is 2.74. The molecule has 0 spiro atoms. The summed E-state index contributed by atoms with van der Waals surface area (Å²) < 4.78 is 15.5. The second-order valence-electron chi connectivity index (χ2n) is 3.30. The van der Waals surface area contributed by atoms with Crippen molar-refractivity contribution in [2.24, 2.45) is 0 Å². The van der Waals surface area contributed by atoms with Gasteiger partial charge in [-0.25, -0.2) is 0 Å². The molecule has 0 aliphatic heterocycles. The van der Waals surface area contributed by atoms with Crippen LogP contribution in [0.4, 0.5) is 5.82 Å². The lowest BCUT2D eigenvalue weighted by atomic mass is 10.1. The van der Waals surface area contributed by atoms with Crippen LogP contribution in [0.15, 0.2) is 22.7 Å². The molecule has 2 aromatic rings. The number of rotatable bonds is 3. The highest BCUT2D eigenvalue weighted by Crippen LogP contribution is 2.40. The number of nitrogen functional groups attached to an aromatic ring is 1. The first-order chi connectivity index (χ1) is 8.15. The maximum atomic E-state index is 5.99. The van der Waals surface area contributed by atoms with E-state index in [9.17, 15) is 0 Å². The van der Waals surface area contributed by atoms with Crippen molar-refractivity contribution >= 4 is 17.4 Å². The smallest absolute Gasteiger partial charge is 0.172 e. The number of hydrogen-bond donors (Lipinski definition) is 1. The van der Waals surface area contributed by atoms with Crippen molar-refractivity contribution in [2.45, 2.75) is 0 Å². The Morgan fingerprint density at radius 3 is 2.53 bits per heavy atom. The van der Waals surface area contributed by atoms with Gasteiger partial charge >= 0.3 is 0 Å². The minimum atomic E-state index is 0.293. The van der Waals surface area contributed by atoms with E-state index in [0.717, 1.165) is 0 Å². The Labute approximate surface area is 103 Å². The van der Waals surface area contributed by atoms with Gasteiger partial charge in [0.15, 0.2) is 23.1 Å². The Balaban J connectivity index is 2.63. The fraction of sp³-hybridized carbons (Fsp3) is 0.182. The maximum Gasteiger partial charge on any atom is 0.172 e. The fourth-order valence-corrected chi connectivity index (χ4v) is 1.74. The summed E-state index contributed by atoms with van der Waals surface area (Å²) in [6.45, 7) is 0. The molecule has 1 heterocycles. The van der Waals surface area contributed by atoms with Crippen LogP contribution in [0, 0.1) is 0 Å². The van der Waals surface area contributed by atoms with Crippen LogP contribution in [-0.2, 0) is 0 Å². The van der Waals surface area contributed by atoms with E-state index in [4.69, 9.17) is 31.3 Å². The molecule has 0 saturated heterocycles. The highest BCUT2D eigenvalue weighted by Gasteiger charge is 2.16. The molecule has 0 bridgehead atoms. The Kier molecular flexibility index (Phi) is 3.10. The zero-order chi connectivity index (χ0) is 12.4. The van der Waals surface area contributed by atoms with Crippen molar-refractivity contribution in [3.05, 3.63) is 23.2 Å². The lowest BCUT2D eigenvalue weighted by Crippen LogP contribution is -1.93. The van der Waals surface area contributed by atoms with Gasteiger partial charge in [0.1, 0.15) is 0 Å². The highest BCUT2D eigenvalue weighted by molar-refractivity contribution is 6.31. The van der Waals surface area contributed by atoms with E-state index in [1.165, 1.54) is 14.2 Å². The minimum Gasteiger partial charge on any atom is -0.493 e. The molecule has 2 N–H and O–H groups in total. The average molecular weight is 255 g/mol. The van der Waals surface area contributed by atoms with Crippen molar-refractivity contribution in [1.29, 1.82) is 0 Å². The van der Waals surface area contributed by atoms with Gasteiger partial charge in [0, 0.05) is 17.2 Å². The Morgan fingerprint density at radius 2 is 2.00 bits per heavy atom. The third-order valence-electron chi connectivity index (χ3n) is 2.24. The van der Waals surface area contributed by atoms with Crippen LogP contribution in [0.25, 0.3) is 11.3 Å². The third-order valence-corrected chi connectivity index (χ3v) is 2.46. The number of benzene rings is 1. The zero-order valence-electron chi connectivity index (χ0n) is 9.36. The summed E-state index contributed by atoms with van der Waals surface area (Å²) in [5, 5.41) is 4.12. The predicted octanol–water partition coefficient (Wildman–Crippen LogP) is 2.59. The molecule has 0 saturated carbocycles. The van der Waals surface area contributed by atoms with Crippen LogP contribution < -0.4 is 15.2 Å². The van der Waals surface area contributed by atoms with Gasteiger partial charge in [0.05, 0.1) is 19.8 Å². The van der Waals surface area contributed by atoms with Crippen molar-refractivity contribution in [1.82, 2.24) is 5.16 Å². The van der Waals surface area contributed by atoms with E-state index in [2.05, 4.69) is 5.16 Å². The van der Waals surface area contributed by atoms with Crippen LogP contribution in [0.5, 0.6) is 11.5 Å². The maximum absolute atomic E-state index is 5.99. The van der Waals surface area contributed by atoms with Crippen molar-refractivity contribution in [3.8, 4) is 22.8 Å². The molecule has 1 aromatic carbocycles. The highest BCUT2D eigenvalue weighted by atomic mass is 35.5. The predicted molar refractivity (Wildman–Crippen MR) is 64.5 cm³/mol. The standard InChI is InChI=1S/C11H11ClN2O3/c1-15-9-4-6(12)3-7(11(9)16-2)8-5-10(13)14-17-8/h3-5H,1-2H3,(H2,13,14). The van der Waals surface area contributed by atoms with E-state index >= 15 is 0 Å². The molecule has 0 aliphatic rings. The van der Waals surface area contributed by atoms with Crippen LogP contribution in [0.3, 0.4) is 0 Å². The molecule has 0 radical (unpaired) electrons. The second kappa shape index (κ2) is 4.55. The van der Waals surface area contributed by atoms with Crippen LogP contribution in [0.2, 0.25) is 5.02 Å². The van der Waals surface area contributed by atoms with Crippen LogP contribution >= 0.6 is 11.6 Å². The van der Waals surface area contributed by atoms with Gasteiger partial charge in [0.25, 0.3) is 0 Å². The molecular weight excluding hydrogens is 244 g/mol. The number of ether oxygens (including phenoxy) is 2. The zero-order valence-corrected chi connectivity index (χ0v) is 10.1. The molecule has 5 nitrogen and oxygen atoms in total. The molecule has 0 unspecified atom stereocenters. The Morgan fingerprint density at radius 1 is 1.24 bits per heavy atom. The number of nitrogens with two attached hydrogens (primary N) is 1. The number of halogens is 1. The van der Waals surface area contributed by atoms with Crippen molar-refractivity contribution in [2.75, 3.05) is 20.0 Å². The van der Waals surface area contributed by atoms with Gasteiger partial charge < -0.3 is 19.7 Å². The number of methoxy groups -OCH3 is 2. The summed E-state index contributed by atoms with van der Waals surface area (Å²) in [6, 6.07) is 4.94. The van der Waals surface area contributed by atoms with Gasteiger partial charge in [-0.1, -0.05) is 16.8 Å². The van der Waals surface area contributed by atoms with Crippen LogP contribution in [-0.4, -0.2) is 19.4 Å². The van der Waals surface area contributed by atoms with Crippen molar-refractivity contribution < 1.29 is 14.0 Å². The lowest BCUT2D eigenvalue weighted by Gasteiger charge is -2.11. The molecule has 0 fully saturated rings. The normalized spacial score (nSPS) is 10.3. The molecule has 0 amide bonds. The van der Waals surface area contributed by atoms with Crippen LogP contribution in [0.1, 0.15) is 0 Å².